The molecule has 1 aliphatic rings. The van der Waals surface area contributed by atoms with E-state index in [0.717, 1.165) is 5.92 Å². The lowest BCUT2D eigenvalue weighted by Gasteiger charge is -2.09. The summed E-state index contributed by atoms with van der Waals surface area (Å²) in [6.07, 6.45) is 5.04. The van der Waals surface area contributed by atoms with Crippen LogP contribution in [0.25, 0.3) is 0 Å². The Labute approximate surface area is 104 Å². The quantitative estimate of drug-likeness (QED) is 0.634. The van der Waals surface area contributed by atoms with Crippen molar-refractivity contribution < 1.29 is 0 Å². The van der Waals surface area contributed by atoms with Crippen molar-refractivity contribution in [1.29, 1.82) is 0 Å². The van der Waals surface area contributed by atoms with Crippen LogP contribution in [0.15, 0.2) is 24.3 Å². The van der Waals surface area contributed by atoms with E-state index in [1.54, 1.807) is 0 Å². The predicted octanol–water partition coefficient (Wildman–Crippen LogP) is 4.97. The number of benzene rings is 1. The molecule has 88 valence electrons. The molecule has 0 amide bonds. The fraction of sp³-hybridized carbons (Fsp3) is 0.600. The number of aryl methyl sites for hydroxylation is 1. The van der Waals surface area contributed by atoms with E-state index < -0.39 is 0 Å². The fourth-order valence-corrected chi connectivity index (χ4v) is 2.75. The standard InChI is InChI=1S/C15H21Cl/c1-3-4-5-12-6-8-13(9-7-12)15(16)14-10-11(14)2/h6-9,11,14-15H,3-5,10H2,1-2H3. The molecule has 3 atom stereocenters. The van der Waals surface area contributed by atoms with Crippen LogP contribution in [0.3, 0.4) is 0 Å². The molecule has 0 aromatic heterocycles. The zero-order valence-corrected chi connectivity index (χ0v) is 11.0. The Morgan fingerprint density at radius 1 is 1.31 bits per heavy atom. The zero-order valence-electron chi connectivity index (χ0n) is 10.2. The van der Waals surface area contributed by atoms with Crippen molar-refractivity contribution in [2.75, 3.05) is 0 Å². The first-order valence-corrected chi connectivity index (χ1v) is 6.89. The summed E-state index contributed by atoms with van der Waals surface area (Å²) in [7, 11) is 0. The first-order chi connectivity index (χ1) is 7.72. The molecule has 0 saturated heterocycles. The van der Waals surface area contributed by atoms with Gasteiger partial charge in [-0.25, -0.2) is 0 Å². The van der Waals surface area contributed by atoms with Crippen LogP contribution in [-0.4, -0.2) is 0 Å². The molecule has 16 heavy (non-hydrogen) atoms. The Bertz CT molecular complexity index is 328. The number of hydrogen-bond acceptors (Lipinski definition) is 0. The Hall–Kier alpha value is -0.490. The average Bonchev–Trinajstić information content (AvgIpc) is 3.03. The van der Waals surface area contributed by atoms with E-state index in [4.69, 9.17) is 11.6 Å². The smallest absolute Gasteiger partial charge is 0.0616 e. The molecule has 1 fully saturated rings. The second-order valence-electron chi connectivity index (χ2n) is 5.12. The third kappa shape index (κ3) is 2.79. The van der Waals surface area contributed by atoms with Crippen molar-refractivity contribution in [3.8, 4) is 0 Å². The minimum absolute atomic E-state index is 0.232. The van der Waals surface area contributed by atoms with Crippen LogP contribution in [0.2, 0.25) is 0 Å². The van der Waals surface area contributed by atoms with E-state index in [0.29, 0.717) is 5.92 Å². The third-order valence-electron chi connectivity index (χ3n) is 3.66. The van der Waals surface area contributed by atoms with Gasteiger partial charge in [0.1, 0.15) is 0 Å². The van der Waals surface area contributed by atoms with E-state index in [1.807, 2.05) is 0 Å². The Morgan fingerprint density at radius 2 is 1.94 bits per heavy atom. The van der Waals surface area contributed by atoms with E-state index in [2.05, 4.69) is 38.1 Å². The van der Waals surface area contributed by atoms with Crippen molar-refractivity contribution in [2.24, 2.45) is 11.8 Å². The number of alkyl halides is 1. The summed E-state index contributed by atoms with van der Waals surface area (Å²) in [4.78, 5) is 0. The number of halogens is 1. The number of rotatable bonds is 5. The van der Waals surface area contributed by atoms with Crippen molar-refractivity contribution in [3.05, 3.63) is 35.4 Å². The Morgan fingerprint density at radius 3 is 2.44 bits per heavy atom. The molecule has 1 aliphatic carbocycles. The molecule has 3 unspecified atom stereocenters. The Kier molecular flexibility index (Phi) is 3.91. The van der Waals surface area contributed by atoms with Gasteiger partial charge in [0.2, 0.25) is 0 Å². The molecule has 0 spiro atoms. The van der Waals surface area contributed by atoms with Crippen molar-refractivity contribution in [3.63, 3.8) is 0 Å². The van der Waals surface area contributed by atoms with Crippen LogP contribution in [-0.2, 0) is 6.42 Å². The van der Waals surface area contributed by atoms with Gasteiger partial charge in [0, 0.05) is 0 Å². The topological polar surface area (TPSA) is 0 Å². The van der Waals surface area contributed by atoms with Gasteiger partial charge in [0.05, 0.1) is 5.38 Å². The lowest BCUT2D eigenvalue weighted by molar-refractivity contribution is 0.721. The fourth-order valence-electron chi connectivity index (χ4n) is 2.25. The van der Waals surface area contributed by atoms with Gasteiger partial charge >= 0.3 is 0 Å². The second-order valence-corrected chi connectivity index (χ2v) is 5.59. The van der Waals surface area contributed by atoms with Crippen molar-refractivity contribution in [1.82, 2.24) is 0 Å². The normalized spacial score (nSPS) is 25.4. The average molecular weight is 237 g/mol. The summed E-state index contributed by atoms with van der Waals surface area (Å²) in [5.74, 6) is 1.53. The van der Waals surface area contributed by atoms with Crippen LogP contribution in [0.4, 0.5) is 0 Å². The van der Waals surface area contributed by atoms with Crippen LogP contribution in [0, 0.1) is 11.8 Å². The molecule has 1 saturated carbocycles. The van der Waals surface area contributed by atoms with Gasteiger partial charge in [-0.1, -0.05) is 44.5 Å². The molecule has 1 heteroatoms. The van der Waals surface area contributed by atoms with E-state index in [1.165, 1.54) is 36.8 Å². The van der Waals surface area contributed by atoms with Gasteiger partial charge in [-0.3, -0.25) is 0 Å². The molecule has 1 aromatic carbocycles. The van der Waals surface area contributed by atoms with Crippen LogP contribution in [0.5, 0.6) is 0 Å². The molecule has 2 rings (SSSR count). The van der Waals surface area contributed by atoms with Crippen molar-refractivity contribution >= 4 is 11.6 Å². The summed E-state index contributed by atoms with van der Waals surface area (Å²) in [5, 5.41) is 0.232. The highest BCUT2D eigenvalue weighted by molar-refractivity contribution is 6.21. The zero-order chi connectivity index (χ0) is 11.5. The summed E-state index contributed by atoms with van der Waals surface area (Å²) in [6, 6.07) is 8.92. The van der Waals surface area contributed by atoms with E-state index >= 15 is 0 Å². The van der Waals surface area contributed by atoms with Gasteiger partial charge in [0.15, 0.2) is 0 Å². The summed E-state index contributed by atoms with van der Waals surface area (Å²) < 4.78 is 0. The summed E-state index contributed by atoms with van der Waals surface area (Å²) in [5.41, 5.74) is 2.74. The second kappa shape index (κ2) is 5.23. The highest BCUT2D eigenvalue weighted by Crippen LogP contribution is 2.50. The molecule has 0 bridgehead atoms. The molecule has 0 heterocycles. The summed E-state index contributed by atoms with van der Waals surface area (Å²) >= 11 is 6.46. The molecular weight excluding hydrogens is 216 g/mol. The minimum Gasteiger partial charge on any atom is -0.118 e. The van der Waals surface area contributed by atoms with Crippen LogP contribution < -0.4 is 0 Å². The van der Waals surface area contributed by atoms with E-state index in [-0.39, 0.29) is 5.38 Å². The SMILES string of the molecule is CCCCc1ccc(C(Cl)C2CC2C)cc1. The number of hydrogen-bond donors (Lipinski definition) is 0. The highest BCUT2D eigenvalue weighted by atomic mass is 35.5. The van der Waals surface area contributed by atoms with Gasteiger partial charge in [0.25, 0.3) is 0 Å². The lowest BCUT2D eigenvalue weighted by atomic mass is 10.0. The maximum atomic E-state index is 6.46. The molecule has 0 N–H and O–H groups in total. The Balaban J connectivity index is 1.96. The largest absolute Gasteiger partial charge is 0.118 e. The van der Waals surface area contributed by atoms with Gasteiger partial charge in [-0.2, -0.15) is 0 Å². The maximum Gasteiger partial charge on any atom is 0.0616 e. The molecule has 0 nitrogen and oxygen atoms in total. The maximum absolute atomic E-state index is 6.46. The monoisotopic (exact) mass is 236 g/mol. The third-order valence-corrected chi connectivity index (χ3v) is 4.24. The van der Waals surface area contributed by atoms with Crippen LogP contribution >= 0.6 is 11.6 Å². The summed E-state index contributed by atoms with van der Waals surface area (Å²) in [6.45, 7) is 4.52. The van der Waals surface area contributed by atoms with Crippen LogP contribution in [0.1, 0.15) is 49.6 Å². The molecular formula is C15H21Cl. The molecule has 0 radical (unpaired) electrons. The lowest BCUT2D eigenvalue weighted by Crippen LogP contribution is -1.95. The van der Waals surface area contributed by atoms with E-state index in [9.17, 15) is 0 Å². The molecule has 0 aliphatic heterocycles. The van der Waals surface area contributed by atoms with Gasteiger partial charge in [-0.15, -0.1) is 11.6 Å². The predicted molar refractivity (Wildman–Crippen MR) is 70.9 cm³/mol. The first-order valence-electron chi connectivity index (χ1n) is 6.45. The number of unbranched alkanes of at least 4 members (excludes halogenated alkanes) is 1. The minimum atomic E-state index is 0.232. The molecule has 1 aromatic rings. The van der Waals surface area contributed by atoms with Crippen molar-refractivity contribution in [2.45, 2.75) is 44.9 Å². The van der Waals surface area contributed by atoms with Gasteiger partial charge < -0.3 is 0 Å². The van der Waals surface area contributed by atoms with Gasteiger partial charge in [-0.05, 0) is 42.2 Å². The highest BCUT2D eigenvalue weighted by Gasteiger charge is 2.39. The first kappa shape index (κ1) is 12.0.